The third-order valence-electron chi connectivity index (χ3n) is 3.83. The maximum atomic E-state index is 6.00. The molecule has 1 N–H and O–H groups in total. The van der Waals surface area contributed by atoms with Crippen molar-refractivity contribution in [2.75, 3.05) is 26.8 Å². The molecule has 1 aromatic carbocycles. The van der Waals surface area contributed by atoms with Crippen molar-refractivity contribution in [1.82, 2.24) is 5.32 Å². The van der Waals surface area contributed by atoms with Crippen molar-refractivity contribution in [2.24, 2.45) is 0 Å². The summed E-state index contributed by atoms with van der Waals surface area (Å²) in [6.07, 6.45) is 2.38. The summed E-state index contributed by atoms with van der Waals surface area (Å²) in [5, 5.41) is 3.41. The van der Waals surface area contributed by atoms with E-state index in [4.69, 9.17) is 9.47 Å². The summed E-state index contributed by atoms with van der Waals surface area (Å²) in [6.45, 7) is 6.86. The summed E-state index contributed by atoms with van der Waals surface area (Å²) >= 11 is 0. The molecule has 0 unspecified atom stereocenters. The number of piperidine rings is 1. The van der Waals surface area contributed by atoms with Gasteiger partial charge in [-0.15, -0.1) is 0 Å². The van der Waals surface area contributed by atoms with E-state index in [0.717, 1.165) is 18.8 Å². The second-order valence-corrected chi connectivity index (χ2v) is 5.81. The van der Waals surface area contributed by atoms with E-state index in [9.17, 15) is 0 Å². The van der Waals surface area contributed by atoms with Crippen molar-refractivity contribution in [3.63, 3.8) is 0 Å². The maximum absolute atomic E-state index is 6.00. The smallest absolute Gasteiger partial charge is 0.122 e. The molecule has 1 aromatic rings. The lowest BCUT2D eigenvalue weighted by Gasteiger charge is -2.27. The molecule has 0 amide bonds. The molecule has 0 radical (unpaired) electrons. The maximum Gasteiger partial charge on any atom is 0.122 e. The number of methoxy groups -OCH3 is 1. The van der Waals surface area contributed by atoms with Crippen molar-refractivity contribution in [1.29, 1.82) is 0 Å². The second-order valence-electron chi connectivity index (χ2n) is 5.81. The molecule has 1 saturated heterocycles. The van der Waals surface area contributed by atoms with Crippen molar-refractivity contribution < 1.29 is 9.47 Å². The topological polar surface area (TPSA) is 30.5 Å². The van der Waals surface area contributed by atoms with Crippen LogP contribution in [0.4, 0.5) is 0 Å². The molecule has 3 heteroatoms. The molecule has 106 valence electrons. The van der Waals surface area contributed by atoms with Gasteiger partial charge in [0.2, 0.25) is 0 Å². The summed E-state index contributed by atoms with van der Waals surface area (Å²) in [5.74, 6) is 1.63. The minimum absolute atomic E-state index is 0.249. The zero-order valence-corrected chi connectivity index (χ0v) is 12.2. The Morgan fingerprint density at radius 1 is 1.21 bits per heavy atom. The number of nitrogens with one attached hydrogen (secondary N) is 1. The highest BCUT2D eigenvalue weighted by Gasteiger charge is 2.21. The number of rotatable bonds is 5. The molecule has 19 heavy (non-hydrogen) atoms. The van der Waals surface area contributed by atoms with Crippen LogP contribution < -0.4 is 10.1 Å². The van der Waals surface area contributed by atoms with Crippen molar-refractivity contribution in [3.05, 3.63) is 29.8 Å². The Balaban J connectivity index is 2.07. The van der Waals surface area contributed by atoms with E-state index in [0.29, 0.717) is 12.5 Å². The van der Waals surface area contributed by atoms with E-state index in [1.807, 2.05) is 19.9 Å². The third kappa shape index (κ3) is 3.95. The van der Waals surface area contributed by atoms with Crippen molar-refractivity contribution in [2.45, 2.75) is 38.2 Å². The van der Waals surface area contributed by atoms with Gasteiger partial charge in [-0.3, -0.25) is 0 Å². The van der Waals surface area contributed by atoms with Crippen molar-refractivity contribution in [3.8, 4) is 5.75 Å². The van der Waals surface area contributed by atoms with E-state index in [2.05, 4.69) is 23.5 Å². The third-order valence-corrected chi connectivity index (χ3v) is 3.83. The Morgan fingerprint density at radius 3 is 2.58 bits per heavy atom. The molecule has 0 aromatic heterocycles. The lowest BCUT2D eigenvalue weighted by atomic mass is 9.89. The zero-order valence-electron chi connectivity index (χ0n) is 12.2. The first-order valence-electron chi connectivity index (χ1n) is 7.10. The molecule has 0 aliphatic carbocycles. The van der Waals surface area contributed by atoms with Gasteiger partial charge in [-0.25, -0.2) is 0 Å². The lowest BCUT2D eigenvalue weighted by Crippen LogP contribution is -2.31. The van der Waals surface area contributed by atoms with Crippen molar-refractivity contribution >= 4 is 0 Å². The Labute approximate surface area is 116 Å². The van der Waals surface area contributed by atoms with Crippen LogP contribution in [-0.2, 0) is 4.74 Å². The van der Waals surface area contributed by atoms with Gasteiger partial charge < -0.3 is 14.8 Å². The highest BCUT2D eigenvalue weighted by molar-refractivity contribution is 5.36. The molecule has 0 atom stereocenters. The van der Waals surface area contributed by atoms with E-state index in [1.165, 1.54) is 18.4 Å². The van der Waals surface area contributed by atoms with Crippen LogP contribution in [0.5, 0.6) is 5.75 Å². The van der Waals surface area contributed by atoms with E-state index >= 15 is 0 Å². The minimum Gasteiger partial charge on any atom is -0.490 e. The van der Waals surface area contributed by atoms with E-state index in [-0.39, 0.29) is 5.60 Å². The highest BCUT2D eigenvalue weighted by atomic mass is 16.5. The number of benzene rings is 1. The molecule has 1 aliphatic rings. The first-order chi connectivity index (χ1) is 9.12. The summed E-state index contributed by atoms with van der Waals surface area (Å²) in [4.78, 5) is 0. The van der Waals surface area contributed by atoms with Gasteiger partial charge in [0.1, 0.15) is 12.4 Å². The molecule has 0 bridgehead atoms. The zero-order chi connectivity index (χ0) is 13.7. The number of ether oxygens (including phenoxy) is 2. The minimum atomic E-state index is -0.249. The first-order valence-corrected chi connectivity index (χ1v) is 7.10. The largest absolute Gasteiger partial charge is 0.490 e. The first kappa shape index (κ1) is 14.4. The predicted molar refractivity (Wildman–Crippen MR) is 77.9 cm³/mol. The lowest BCUT2D eigenvalue weighted by molar-refractivity contribution is -0.0149. The van der Waals surface area contributed by atoms with E-state index < -0.39 is 0 Å². The number of para-hydroxylation sites is 1. The Morgan fingerprint density at radius 2 is 1.89 bits per heavy atom. The summed E-state index contributed by atoms with van der Waals surface area (Å²) in [5.41, 5.74) is 1.09. The molecule has 0 saturated carbocycles. The monoisotopic (exact) mass is 263 g/mol. The predicted octanol–water partition coefficient (Wildman–Crippen LogP) is 2.96. The van der Waals surface area contributed by atoms with Crippen LogP contribution in [0.25, 0.3) is 0 Å². The van der Waals surface area contributed by atoms with Crippen LogP contribution in [0.15, 0.2) is 24.3 Å². The Kier molecular flexibility index (Phi) is 4.83. The van der Waals surface area contributed by atoms with Crippen LogP contribution in [0.3, 0.4) is 0 Å². The standard InChI is InChI=1S/C16H25NO2/c1-16(2,18-3)12-19-15-7-5-4-6-14(15)13-8-10-17-11-9-13/h4-7,13,17H,8-12H2,1-3H3. The van der Waals surface area contributed by atoms with Crippen LogP contribution in [-0.4, -0.2) is 32.4 Å². The van der Waals surface area contributed by atoms with Gasteiger partial charge in [0.15, 0.2) is 0 Å². The molecule has 1 aliphatic heterocycles. The highest BCUT2D eigenvalue weighted by Crippen LogP contribution is 2.32. The number of hydrogen-bond acceptors (Lipinski definition) is 3. The van der Waals surface area contributed by atoms with Crippen LogP contribution in [0, 0.1) is 0 Å². The molecule has 1 fully saturated rings. The number of hydrogen-bond donors (Lipinski definition) is 1. The van der Waals surface area contributed by atoms with Crippen LogP contribution in [0.1, 0.15) is 38.2 Å². The average Bonchev–Trinajstić information content (AvgIpc) is 2.46. The fourth-order valence-corrected chi connectivity index (χ4v) is 2.39. The average molecular weight is 263 g/mol. The van der Waals surface area contributed by atoms with Gasteiger partial charge in [0, 0.05) is 7.11 Å². The fourth-order valence-electron chi connectivity index (χ4n) is 2.39. The molecular formula is C16H25NO2. The van der Waals surface area contributed by atoms with Crippen LogP contribution in [0.2, 0.25) is 0 Å². The summed E-state index contributed by atoms with van der Waals surface area (Å²) in [6, 6.07) is 8.42. The SMILES string of the molecule is COC(C)(C)COc1ccccc1C1CCNCC1. The van der Waals surface area contributed by atoms with Crippen LogP contribution >= 0.6 is 0 Å². The molecule has 0 spiro atoms. The van der Waals surface area contributed by atoms with Gasteiger partial charge in [-0.2, -0.15) is 0 Å². The molecular weight excluding hydrogens is 238 g/mol. The normalized spacial score (nSPS) is 17.4. The Hall–Kier alpha value is -1.06. The van der Waals surface area contributed by atoms with Gasteiger partial charge in [0.05, 0.1) is 5.60 Å². The summed E-state index contributed by atoms with van der Waals surface area (Å²) < 4.78 is 11.4. The van der Waals surface area contributed by atoms with Gasteiger partial charge in [0.25, 0.3) is 0 Å². The van der Waals surface area contributed by atoms with Gasteiger partial charge in [-0.05, 0) is 57.3 Å². The molecule has 1 heterocycles. The summed E-state index contributed by atoms with van der Waals surface area (Å²) in [7, 11) is 1.72. The van der Waals surface area contributed by atoms with E-state index in [1.54, 1.807) is 7.11 Å². The second kappa shape index (κ2) is 6.40. The van der Waals surface area contributed by atoms with Gasteiger partial charge >= 0.3 is 0 Å². The Bertz CT molecular complexity index is 397. The molecule has 3 nitrogen and oxygen atoms in total. The van der Waals surface area contributed by atoms with Gasteiger partial charge in [-0.1, -0.05) is 18.2 Å². The fraction of sp³-hybridized carbons (Fsp3) is 0.625. The molecule has 2 rings (SSSR count). The quantitative estimate of drug-likeness (QED) is 0.886.